The molecule has 1 N–H and O–H groups in total. The third-order valence-electron chi connectivity index (χ3n) is 3.80. The van der Waals surface area contributed by atoms with E-state index in [1.807, 2.05) is 0 Å². The molecule has 1 fully saturated rings. The summed E-state index contributed by atoms with van der Waals surface area (Å²) in [4.78, 5) is 11.1. The molecule has 0 aromatic carbocycles. The fourth-order valence-corrected chi connectivity index (χ4v) is 4.11. The SMILES string of the molecule is CC(C)(C)[Si](C)(C)[C@@H]1CCC(=O)N1. The van der Waals surface area contributed by atoms with Crippen LogP contribution in [0.15, 0.2) is 0 Å². The Hall–Kier alpha value is -0.313. The van der Waals surface area contributed by atoms with Gasteiger partial charge in [0.05, 0.1) is 8.07 Å². The van der Waals surface area contributed by atoms with Crippen LogP contribution in [0, 0.1) is 0 Å². The van der Waals surface area contributed by atoms with Gasteiger partial charge in [-0.1, -0.05) is 33.9 Å². The smallest absolute Gasteiger partial charge is 0.220 e. The fourth-order valence-electron chi connectivity index (χ4n) is 1.68. The van der Waals surface area contributed by atoms with E-state index in [1.165, 1.54) is 0 Å². The summed E-state index contributed by atoms with van der Waals surface area (Å²) in [5.74, 6) is 0.245. The van der Waals surface area contributed by atoms with Gasteiger partial charge in [-0.25, -0.2) is 0 Å². The molecule has 0 aliphatic carbocycles. The standard InChI is InChI=1S/C10H21NOSi/c1-10(2,3)13(4,5)9-7-6-8(12)11-9/h9H,6-7H2,1-5H3,(H,11,12)/t9-/m1/s1. The Labute approximate surface area is 82.1 Å². The van der Waals surface area contributed by atoms with Gasteiger partial charge < -0.3 is 5.32 Å². The minimum absolute atomic E-state index is 0.245. The summed E-state index contributed by atoms with van der Waals surface area (Å²) in [7, 11) is -1.35. The summed E-state index contributed by atoms with van der Waals surface area (Å²) in [6.45, 7) is 11.6. The molecule has 0 saturated carbocycles. The molecule has 1 atom stereocenters. The van der Waals surface area contributed by atoms with Crippen LogP contribution < -0.4 is 5.32 Å². The van der Waals surface area contributed by atoms with Gasteiger partial charge in [-0.05, 0) is 11.5 Å². The topological polar surface area (TPSA) is 29.1 Å². The van der Waals surface area contributed by atoms with E-state index in [1.54, 1.807) is 0 Å². The quantitative estimate of drug-likeness (QED) is 0.645. The first-order chi connectivity index (χ1) is 5.75. The molecule has 3 heteroatoms. The number of amides is 1. The maximum Gasteiger partial charge on any atom is 0.220 e. The van der Waals surface area contributed by atoms with E-state index >= 15 is 0 Å². The molecule has 0 radical (unpaired) electrons. The van der Waals surface area contributed by atoms with Gasteiger partial charge in [0.2, 0.25) is 5.91 Å². The molecular formula is C10H21NOSi. The zero-order chi connectivity index (χ0) is 10.3. The molecule has 0 aromatic rings. The normalized spacial score (nSPS) is 24.7. The van der Waals surface area contributed by atoms with Gasteiger partial charge in [-0.2, -0.15) is 0 Å². The van der Waals surface area contributed by atoms with E-state index in [0.717, 1.165) is 12.8 Å². The zero-order valence-corrected chi connectivity index (χ0v) is 10.4. The average Bonchev–Trinajstić information content (AvgIpc) is 2.33. The molecule has 13 heavy (non-hydrogen) atoms. The van der Waals surface area contributed by atoms with Crippen LogP contribution >= 0.6 is 0 Å². The maximum absolute atomic E-state index is 11.1. The summed E-state index contributed by atoms with van der Waals surface area (Å²) in [5, 5.41) is 3.49. The highest BCUT2D eigenvalue weighted by molar-refractivity contribution is 6.81. The van der Waals surface area contributed by atoms with Crippen molar-refractivity contribution in [1.29, 1.82) is 0 Å². The molecule has 1 heterocycles. The molecule has 2 nitrogen and oxygen atoms in total. The van der Waals surface area contributed by atoms with Crippen LogP contribution in [-0.4, -0.2) is 19.6 Å². The van der Waals surface area contributed by atoms with Crippen molar-refractivity contribution in [3.8, 4) is 0 Å². The number of rotatable bonds is 1. The van der Waals surface area contributed by atoms with Crippen LogP contribution in [0.1, 0.15) is 33.6 Å². The largest absolute Gasteiger partial charge is 0.356 e. The summed E-state index contributed by atoms with van der Waals surface area (Å²) in [6, 6.07) is 0. The lowest BCUT2D eigenvalue weighted by molar-refractivity contribution is -0.119. The van der Waals surface area contributed by atoms with Crippen molar-refractivity contribution in [3.05, 3.63) is 0 Å². The molecule has 1 rings (SSSR count). The molecule has 0 aromatic heterocycles. The second-order valence-corrected chi connectivity index (χ2v) is 11.3. The molecular weight excluding hydrogens is 178 g/mol. The second kappa shape index (κ2) is 3.12. The fraction of sp³-hybridized carbons (Fsp3) is 0.900. The molecule has 1 saturated heterocycles. The van der Waals surface area contributed by atoms with Crippen LogP contribution in [0.25, 0.3) is 0 Å². The average molecular weight is 199 g/mol. The Morgan fingerprint density at radius 3 is 2.23 bits per heavy atom. The van der Waals surface area contributed by atoms with E-state index < -0.39 is 8.07 Å². The van der Waals surface area contributed by atoms with Crippen LogP contribution in [0.4, 0.5) is 0 Å². The molecule has 0 bridgehead atoms. The van der Waals surface area contributed by atoms with Crippen LogP contribution in [-0.2, 0) is 4.79 Å². The highest BCUT2D eigenvalue weighted by atomic mass is 28.3. The molecule has 0 spiro atoms. The predicted molar refractivity (Wildman–Crippen MR) is 58.4 cm³/mol. The van der Waals surface area contributed by atoms with Gasteiger partial charge in [0.25, 0.3) is 0 Å². The van der Waals surface area contributed by atoms with Crippen molar-refractivity contribution < 1.29 is 4.79 Å². The predicted octanol–water partition coefficient (Wildman–Crippen LogP) is 2.31. The van der Waals surface area contributed by atoms with Crippen molar-refractivity contribution in [2.75, 3.05) is 0 Å². The molecule has 1 amide bonds. The first-order valence-electron chi connectivity index (χ1n) is 5.04. The minimum Gasteiger partial charge on any atom is -0.356 e. The summed E-state index contributed by atoms with van der Waals surface area (Å²) < 4.78 is 0. The first kappa shape index (κ1) is 10.8. The number of carbonyl (C=O) groups is 1. The van der Waals surface area contributed by atoms with Gasteiger partial charge in [-0.15, -0.1) is 0 Å². The van der Waals surface area contributed by atoms with Crippen LogP contribution in [0.2, 0.25) is 18.1 Å². The molecule has 1 aliphatic rings. The Morgan fingerprint density at radius 1 is 1.38 bits per heavy atom. The third-order valence-corrected chi connectivity index (χ3v) is 9.84. The Bertz CT molecular complexity index is 217. The van der Waals surface area contributed by atoms with E-state index in [-0.39, 0.29) is 5.91 Å². The van der Waals surface area contributed by atoms with Crippen molar-refractivity contribution in [1.82, 2.24) is 5.32 Å². The van der Waals surface area contributed by atoms with Crippen molar-refractivity contribution in [2.24, 2.45) is 0 Å². The number of hydrogen-bond donors (Lipinski definition) is 1. The zero-order valence-electron chi connectivity index (χ0n) is 9.40. The van der Waals surface area contributed by atoms with E-state index in [0.29, 0.717) is 10.7 Å². The van der Waals surface area contributed by atoms with E-state index in [4.69, 9.17) is 0 Å². The van der Waals surface area contributed by atoms with Crippen molar-refractivity contribution in [3.63, 3.8) is 0 Å². The van der Waals surface area contributed by atoms with Crippen molar-refractivity contribution >= 4 is 14.0 Å². The lowest BCUT2D eigenvalue weighted by Crippen LogP contribution is -2.54. The lowest BCUT2D eigenvalue weighted by atomic mass is 10.2. The van der Waals surface area contributed by atoms with E-state index in [2.05, 4.69) is 39.2 Å². The monoisotopic (exact) mass is 199 g/mol. The minimum atomic E-state index is -1.35. The lowest BCUT2D eigenvalue weighted by Gasteiger charge is -2.41. The summed E-state index contributed by atoms with van der Waals surface area (Å²) in [5.41, 5.74) is 0.486. The summed E-state index contributed by atoms with van der Waals surface area (Å²) in [6.07, 6.45) is 1.78. The van der Waals surface area contributed by atoms with Gasteiger partial charge in [0.1, 0.15) is 0 Å². The molecule has 1 aliphatic heterocycles. The maximum atomic E-state index is 11.1. The van der Waals surface area contributed by atoms with Gasteiger partial charge in [-0.3, -0.25) is 4.79 Å². The molecule has 0 unspecified atom stereocenters. The Kier molecular flexibility index (Phi) is 2.58. The number of carbonyl (C=O) groups excluding carboxylic acids is 1. The highest BCUT2D eigenvalue weighted by Gasteiger charge is 2.44. The first-order valence-corrected chi connectivity index (χ1v) is 8.12. The van der Waals surface area contributed by atoms with Crippen molar-refractivity contribution in [2.45, 2.75) is 57.4 Å². The van der Waals surface area contributed by atoms with Crippen LogP contribution in [0.5, 0.6) is 0 Å². The Morgan fingerprint density at radius 2 is 1.92 bits per heavy atom. The Balaban J connectivity index is 2.76. The van der Waals surface area contributed by atoms with Gasteiger partial charge >= 0.3 is 0 Å². The second-order valence-electron chi connectivity index (χ2n) is 5.63. The summed E-state index contributed by atoms with van der Waals surface area (Å²) >= 11 is 0. The third kappa shape index (κ3) is 1.95. The van der Waals surface area contributed by atoms with Gasteiger partial charge in [0.15, 0.2) is 0 Å². The number of hydrogen-bond acceptors (Lipinski definition) is 1. The highest BCUT2D eigenvalue weighted by Crippen LogP contribution is 2.40. The number of nitrogens with one attached hydrogen (secondary N) is 1. The van der Waals surface area contributed by atoms with E-state index in [9.17, 15) is 4.79 Å². The molecule has 76 valence electrons. The van der Waals surface area contributed by atoms with Crippen LogP contribution in [0.3, 0.4) is 0 Å². The van der Waals surface area contributed by atoms with Gasteiger partial charge in [0, 0.05) is 12.1 Å².